The van der Waals surface area contributed by atoms with Crippen molar-refractivity contribution in [2.45, 2.75) is 19.8 Å². The van der Waals surface area contributed by atoms with Gasteiger partial charge >= 0.3 is 49.6 Å². The fraction of sp³-hybridized carbons (Fsp3) is 0.750. The third-order valence-electron chi connectivity index (χ3n) is 0.407. The van der Waals surface area contributed by atoms with E-state index in [-0.39, 0.29) is 0 Å². The number of carbonyl (C=O) groups excluding carboxylic acids is 1. The molecule has 0 saturated heterocycles. The van der Waals surface area contributed by atoms with Gasteiger partial charge in [0.25, 0.3) is 0 Å². The van der Waals surface area contributed by atoms with Gasteiger partial charge in [0.05, 0.1) is 0 Å². The van der Waals surface area contributed by atoms with Crippen LogP contribution in [0.5, 0.6) is 0 Å². The summed E-state index contributed by atoms with van der Waals surface area (Å²) in [7, 11) is 16.9. The number of unbranched alkanes of at least 4 members (excludes halogenated alkanes) is 1. The van der Waals surface area contributed by atoms with Crippen molar-refractivity contribution in [2.75, 3.05) is 0 Å². The van der Waals surface area contributed by atoms with E-state index in [4.69, 9.17) is 40.0 Å². The van der Waals surface area contributed by atoms with Crippen LogP contribution >= 0.6 is 40.0 Å². The summed E-state index contributed by atoms with van der Waals surface area (Å²) in [6.07, 6.45) is 2.61. The minimum absolute atomic E-state index is 0.708. The van der Waals surface area contributed by atoms with Crippen molar-refractivity contribution < 1.29 is 4.79 Å². The predicted octanol–water partition coefficient (Wildman–Crippen LogP) is 3.36. The fourth-order valence-corrected chi connectivity index (χ4v) is 0.118. The molecule has 0 fully saturated rings. The Labute approximate surface area is 80.1 Å². The molecule has 0 bridgehead atoms. The zero-order chi connectivity index (χ0) is 8.62. The van der Waals surface area contributed by atoms with Crippen molar-refractivity contribution in [1.82, 2.24) is 0 Å². The van der Waals surface area contributed by atoms with Crippen LogP contribution in [0, 0.1) is 0 Å². The fourth-order valence-electron chi connectivity index (χ4n) is 0.118. The number of rotatable bonds is 2. The minimum atomic E-state index is -3.11. The Hall–Kier alpha value is 1.37. The van der Waals surface area contributed by atoms with Crippen LogP contribution < -0.4 is 0 Å². The molecule has 0 N–H and O–H groups in total. The van der Waals surface area contributed by atoms with Crippen molar-refractivity contribution in [3.8, 4) is 0 Å². The summed E-state index contributed by atoms with van der Waals surface area (Å²) in [5, 5.41) is 0. The van der Waals surface area contributed by atoms with E-state index < -0.39 is 9.55 Å². The van der Waals surface area contributed by atoms with Crippen LogP contribution in [0.25, 0.3) is 0 Å². The number of hydrogen-bond donors (Lipinski definition) is 0. The van der Waals surface area contributed by atoms with Gasteiger partial charge in [0.2, 0.25) is 0 Å². The molecule has 0 amide bonds. The summed E-state index contributed by atoms with van der Waals surface area (Å²) in [6, 6.07) is 0. The van der Waals surface area contributed by atoms with Crippen LogP contribution in [0.1, 0.15) is 19.8 Å². The zero-order valence-electron chi connectivity index (χ0n) is 5.41. The Morgan fingerprint density at radius 2 is 1.60 bits per heavy atom. The summed E-state index contributed by atoms with van der Waals surface area (Å²) >= 11 is 0. The standard InChI is InChI=1S/C4H8O.Cl4Ge/c1-2-3-4-5;1-5(2,3)4/h4H,2-3H2,1H3;. The summed E-state index contributed by atoms with van der Waals surface area (Å²) < 4.78 is 0. The molecule has 0 atom stereocenters. The molecular formula is C4H8Cl4GeO. The van der Waals surface area contributed by atoms with Gasteiger partial charge in [0.15, 0.2) is 0 Å². The van der Waals surface area contributed by atoms with E-state index in [2.05, 4.69) is 0 Å². The Morgan fingerprint density at radius 3 is 1.60 bits per heavy atom. The molecule has 10 heavy (non-hydrogen) atoms. The first-order valence-corrected chi connectivity index (χ1v) is 13.6. The summed E-state index contributed by atoms with van der Waals surface area (Å²) in [4.78, 5) is 9.40. The van der Waals surface area contributed by atoms with Crippen LogP contribution in [-0.2, 0) is 4.79 Å². The molecule has 0 aromatic heterocycles. The molecule has 0 unspecified atom stereocenters. The van der Waals surface area contributed by atoms with E-state index in [9.17, 15) is 4.79 Å². The van der Waals surface area contributed by atoms with Gasteiger partial charge in [-0.1, -0.05) is 6.92 Å². The van der Waals surface area contributed by atoms with E-state index >= 15 is 0 Å². The van der Waals surface area contributed by atoms with Crippen molar-refractivity contribution in [3.05, 3.63) is 0 Å². The van der Waals surface area contributed by atoms with Crippen molar-refractivity contribution >= 4 is 55.9 Å². The quantitative estimate of drug-likeness (QED) is 0.562. The third-order valence-corrected chi connectivity index (χ3v) is 0.407. The van der Waals surface area contributed by atoms with E-state index in [0.717, 1.165) is 12.7 Å². The summed E-state index contributed by atoms with van der Waals surface area (Å²) in [5.74, 6) is 0. The van der Waals surface area contributed by atoms with Gasteiger partial charge in [-0.05, 0) is 6.42 Å². The molecule has 6 heteroatoms. The molecule has 0 saturated carbocycles. The van der Waals surface area contributed by atoms with Crippen molar-refractivity contribution in [3.63, 3.8) is 0 Å². The molecule has 0 aliphatic carbocycles. The number of hydrogen-bond acceptors (Lipinski definition) is 1. The molecular weight excluding hydrogens is 278 g/mol. The summed E-state index contributed by atoms with van der Waals surface area (Å²) in [5.41, 5.74) is 0. The predicted molar refractivity (Wildman–Crippen MR) is 50.1 cm³/mol. The monoisotopic (exact) mass is 286 g/mol. The SMILES string of the molecule is CCCC=O.[Cl][Ge]([Cl])([Cl])[Cl]. The molecule has 0 aromatic carbocycles. The molecule has 0 spiro atoms. The Bertz CT molecular complexity index is 75.8. The van der Waals surface area contributed by atoms with Crippen molar-refractivity contribution in [2.24, 2.45) is 0 Å². The second-order valence-corrected chi connectivity index (χ2v) is 21.0. The van der Waals surface area contributed by atoms with E-state index in [1.165, 1.54) is 0 Å². The number of halogens is 4. The van der Waals surface area contributed by atoms with Gasteiger partial charge in [-0.25, -0.2) is 0 Å². The summed E-state index contributed by atoms with van der Waals surface area (Å²) in [6.45, 7) is 1.98. The average Bonchev–Trinajstić information content (AvgIpc) is 1.63. The Kier molecular flexibility index (Phi) is 11.8. The van der Waals surface area contributed by atoms with Crippen LogP contribution in [-0.4, -0.2) is 15.8 Å². The molecule has 62 valence electrons. The normalized spacial score (nSPS) is 9.70. The maximum absolute atomic E-state index is 9.40. The Morgan fingerprint density at radius 1 is 1.30 bits per heavy atom. The molecule has 0 heterocycles. The first-order valence-electron chi connectivity index (χ1n) is 2.61. The van der Waals surface area contributed by atoms with E-state index in [1.54, 1.807) is 0 Å². The van der Waals surface area contributed by atoms with E-state index in [1.807, 2.05) is 6.92 Å². The maximum atomic E-state index is 9.40. The third kappa shape index (κ3) is 57.8. The van der Waals surface area contributed by atoms with Crippen LogP contribution in [0.15, 0.2) is 0 Å². The second-order valence-electron chi connectivity index (χ2n) is 1.38. The molecule has 0 rings (SSSR count). The first-order chi connectivity index (χ1) is 4.41. The zero-order valence-corrected chi connectivity index (χ0v) is 10.5. The average molecular weight is 287 g/mol. The second kappa shape index (κ2) is 8.47. The van der Waals surface area contributed by atoms with Gasteiger partial charge in [-0.15, -0.1) is 0 Å². The topological polar surface area (TPSA) is 17.1 Å². The first kappa shape index (κ1) is 13.9. The van der Waals surface area contributed by atoms with Gasteiger partial charge in [0, 0.05) is 6.42 Å². The molecule has 0 aliphatic rings. The van der Waals surface area contributed by atoms with Crippen molar-refractivity contribution in [1.29, 1.82) is 0 Å². The molecule has 0 aromatic rings. The molecule has 1 nitrogen and oxygen atoms in total. The van der Waals surface area contributed by atoms with Crippen LogP contribution in [0.2, 0.25) is 0 Å². The van der Waals surface area contributed by atoms with Gasteiger partial charge in [-0.3, -0.25) is 0 Å². The molecule has 0 aliphatic heterocycles. The van der Waals surface area contributed by atoms with Gasteiger partial charge in [-0.2, -0.15) is 0 Å². The molecule has 0 radical (unpaired) electrons. The van der Waals surface area contributed by atoms with Gasteiger partial charge in [0.1, 0.15) is 6.29 Å². The van der Waals surface area contributed by atoms with Crippen LogP contribution in [0.3, 0.4) is 0 Å². The van der Waals surface area contributed by atoms with Crippen LogP contribution in [0.4, 0.5) is 0 Å². The van der Waals surface area contributed by atoms with Gasteiger partial charge < -0.3 is 4.79 Å². The van der Waals surface area contributed by atoms with E-state index in [0.29, 0.717) is 6.42 Å². The Balaban J connectivity index is 0. The number of aldehydes is 1. The number of carbonyl (C=O) groups is 1.